The molecule has 0 spiro atoms. The number of nitrogens with two attached hydrogens (primary N) is 1. The standard InChI is InChI=1S/C13H15N3O2S2/c1-7(17)6-19-13-15-11-10(12(18)16(13)14)8-4-2-3-5-9(8)20-11/h2-6,14H2,1H3. The number of aromatic nitrogens is 2. The van der Waals surface area contributed by atoms with E-state index >= 15 is 0 Å². The van der Waals surface area contributed by atoms with Crippen LogP contribution in [0.15, 0.2) is 9.95 Å². The van der Waals surface area contributed by atoms with Gasteiger partial charge in [0.1, 0.15) is 10.6 Å². The van der Waals surface area contributed by atoms with Crippen molar-refractivity contribution in [1.82, 2.24) is 9.66 Å². The summed E-state index contributed by atoms with van der Waals surface area (Å²) in [5.41, 5.74) is 0.941. The molecule has 20 heavy (non-hydrogen) atoms. The summed E-state index contributed by atoms with van der Waals surface area (Å²) in [7, 11) is 0. The zero-order valence-electron chi connectivity index (χ0n) is 11.1. The number of thioether (sulfide) groups is 1. The molecule has 2 aromatic heterocycles. The van der Waals surface area contributed by atoms with E-state index in [9.17, 15) is 9.59 Å². The van der Waals surface area contributed by atoms with E-state index in [2.05, 4.69) is 4.98 Å². The average Bonchev–Trinajstić information content (AvgIpc) is 2.79. The molecule has 0 radical (unpaired) electrons. The Bertz CT molecular complexity index is 748. The van der Waals surface area contributed by atoms with Gasteiger partial charge in [-0.2, -0.15) is 0 Å². The summed E-state index contributed by atoms with van der Waals surface area (Å²) in [6.07, 6.45) is 4.24. The highest BCUT2D eigenvalue weighted by Gasteiger charge is 2.21. The van der Waals surface area contributed by atoms with Gasteiger partial charge in [0.15, 0.2) is 5.16 Å². The van der Waals surface area contributed by atoms with Gasteiger partial charge in [0.05, 0.1) is 11.1 Å². The van der Waals surface area contributed by atoms with E-state index < -0.39 is 0 Å². The Labute approximate surface area is 124 Å². The molecule has 106 valence electrons. The number of ketones is 1. The largest absolute Gasteiger partial charge is 0.334 e. The highest BCUT2D eigenvalue weighted by molar-refractivity contribution is 7.99. The van der Waals surface area contributed by atoms with E-state index in [1.54, 1.807) is 11.3 Å². The minimum Gasteiger partial charge on any atom is -0.334 e. The Kier molecular flexibility index (Phi) is 3.55. The molecule has 2 N–H and O–H groups in total. The van der Waals surface area contributed by atoms with Gasteiger partial charge < -0.3 is 5.84 Å². The van der Waals surface area contributed by atoms with E-state index in [1.807, 2.05) is 0 Å². The number of aryl methyl sites for hydroxylation is 2. The number of Topliss-reactive ketones (excluding diaryl/α,β-unsaturated/α-hetero) is 1. The third-order valence-corrected chi connectivity index (χ3v) is 5.68. The first kappa shape index (κ1) is 13.6. The van der Waals surface area contributed by atoms with Gasteiger partial charge in [-0.15, -0.1) is 11.3 Å². The molecule has 0 unspecified atom stereocenters. The van der Waals surface area contributed by atoms with E-state index in [1.165, 1.54) is 30.0 Å². The smallest absolute Gasteiger partial charge is 0.281 e. The van der Waals surface area contributed by atoms with Crippen LogP contribution >= 0.6 is 23.1 Å². The molecular formula is C13H15N3O2S2. The van der Waals surface area contributed by atoms with Crippen molar-refractivity contribution in [3.8, 4) is 0 Å². The summed E-state index contributed by atoms with van der Waals surface area (Å²) in [5, 5.41) is 1.09. The second-order valence-corrected chi connectivity index (χ2v) is 6.98. The van der Waals surface area contributed by atoms with E-state index in [0.29, 0.717) is 10.5 Å². The molecule has 2 aromatic rings. The number of hydrogen-bond acceptors (Lipinski definition) is 6. The van der Waals surface area contributed by atoms with Crippen LogP contribution < -0.4 is 11.4 Å². The highest BCUT2D eigenvalue weighted by atomic mass is 32.2. The maximum absolute atomic E-state index is 12.4. The fourth-order valence-electron chi connectivity index (χ4n) is 2.47. The molecule has 0 saturated carbocycles. The van der Waals surface area contributed by atoms with Crippen molar-refractivity contribution in [2.75, 3.05) is 11.6 Å². The molecular weight excluding hydrogens is 294 g/mol. The van der Waals surface area contributed by atoms with Crippen LogP contribution in [0.2, 0.25) is 0 Å². The van der Waals surface area contributed by atoms with Gasteiger partial charge in [0.2, 0.25) is 0 Å². The quantitative estimate of drug-likeness (QED) is 0.531. The van der Waals surface area contributed by atoms with Crippen LogP contribution in [0.4, 0.5) is 0 Å². The average molecular weight is 309 g/mol. The van der Waals surface area contributed by atoms with Crippen molar-refractivity contribution < 1.29 is 4.79 Å². The summed E-state index contributed by atoms with van der Waals surface area (Å²) >= 11 is 2.81. The Hall–Kier alpha value is -1.34. The predicted molar refractivity (Wildman–Crippen MR) is 82.1 cm³/mol. The molecule has 0 fully saturated rings. The lowest BCUT2D eigenvalue weighted by molar-refractivity contribution is -0.114. The first-order valence-electron chi connectivity index (χ1n) is 6.52. The van der Waals surface area contributed by atoms with Crippen molar-refractivity contribution in [2.45, 2.75) is 37.8 Å². The molecule has 1 aliphatic carbocycles. The minimum atomic E-state index is -0.194. The van der Waals surface area contributed by atoms with Crippen LogP contribution in [-0.4, -0.2) is 21.2 Å². The molecule has 2 heterocycles. The number of hydrogen-bond donors (Lipinski definition) is 1. The fourth-order valence-corrected chi connectivity index (χ4v) is 4.49. The van der Waals surface area contributed by atoms with Crippen molar-refractivity contribution in [3.05, 3.63) is 20.8 Å². The lowest BCUT2D eigenvalue weighted by atomic mass is 9.97. The molecule has 0 bridgehead atoms. The summed E-state index contributed by atoms with van der Waals surface area (Å²) in [6.45, 7) is 1.51. The number of fused-ring (bicyclic) bond motifs is 3. The zero-order valence-corrected chi connectivity index (χ0v) is 12.8. The first-order chi connectivity index (χ1) is 9.58. The third-order valence-electron chi connectivity index (χ3n) is 3.39. The van der Waals surface area contributed by atoms with Crippen molar-refractivity contribution >= 4 is 39.1 Å². The Morgan fingerprint density at radius 3 is 2.95 bits per heavy atom. The van der Waals surface area contributed by atoms with E-state index in [-0.39, 0.29) is 17.1 Å². The molecule has 0 atom stereocenters. The number of carbonyl (C=O) groups excluding carboxylic acids is 1. The SMILES string of the molecule is CC(=O)CSc1nc2sc3c(c2c(=O)n1N)CCCC3. The Morgan fingerprint density at radius 2 is 2.20 bits per heavy atom. The molecule has 7 heteroatoms. The minimum absolute atomic E-state index is 0.0369. The summed E-state index contributed by atoms with van der Waals surface area (Å²) in [5.74, 6) is 6.16. The van der Waals surface area contributed by atoms with Gasteiger partial charge in [0, 0.05) is 4.88 Å². The van der Waals surface area contributed by atoms with Gasteiger partial charge >= 0.3 is 0 Å². The second-order valence-electron chi connectivity index (χ2n) is 4.95. The molecule has 1 aliphatic rings. The molecule has 0 amide bonds. The maximum Gasteiger partial charge on any atom is 0.281 e. The van der Waals surface area contributed by atoms with Gasteiger partial charge in [0.25, 0.3) is 5.56 Å². The van der Waals surface area contributed by atoms with Crippen LogP contribution in [0.25, 0.3) is 10.2 Å². The van der Waals surface area contributed by atoms with Crippen molar-refractivity contribution in [2.24, 2.45) is 0 Å². The number of nitrogens with zero attached hydrogens (tertiary/aromatic N) is 2. The Morgan fingerprint density at radius 1 is 1.45 bits per heavy atom. The number of carbonyl (C=O) groups is 1. The number of nitrogen functional groups attached to an aromatic ring is 1. The van der Waals surface area contributed by atoms with Crippen LogP contribution in [0.5, 0.6) is 0 Å². The van der Waals surface area contributed by atoms with E-state index in [4.69, 9.17) is 5.84 Å². The topological polar surface area (TPSA) is 78.0 Å². The van der Waals surface area contributed by atoms with Crippen LogP contribution in [0.3, 0.4) is 0 Å². The summed E-state index contributed by atoms with van der Waals surface area (Å²) < 4.78 is 1.08. The van der Waals surface area contributed by atoms with Gasteiger partial charge in [-0.1, -0.05) is 11.8 Å². The van der Waals surface area contributed by atoms with Crippen LogP contribution in [0.1, 0.15) is 30.2 Å². The van der Waals surface area contributed by atoms with Crippen molar-refractivity contribution in [3.63, 3.8) is 0 Å². The van der Waals surface area contributed by atoms with Gasteiger partial charge in [-0.05, 0) is 38.2 Å². The number of thiophene rings is 1. The normalized spacial score (nSPS) is 14.4. The monoisotopic (exact) mass is 309 g/mol. The lowest BCUT2D eigenvalue weighted by Gasteiger charge is -2.10. The summed E-state index contributed by atoms with van der Waals surface area (Å²) in [6, 6.07) is 0. The lowest BCUT2D eigenvalue weighted by Crippen LogP contribution is -2.30. The zero-order chi connectivity index (χ0) is 14.3. The van der Waals surface area contributed by atoms with Crippen LogP contribution in [-0.2, 0) is 17.6 Å². The summed E-state index contributed by atoms with van der Waals surface area (Å²) in [4.78, 5) is 30.0. The van der Waals surface area contributed by atoms with Crippen LogP contribution in [0, 0.1) is 0 Å². The predicted octanol–water partition coefficient (Wildman–Crippen LogP) is 1.73. The first-order valence-corrected chi connectivity index (χ1v) is 8.32. The third kappa shape index (κ3) is 2.25. The fraction of sp³-hybridized carbons (Fsp3) is 0.462. The number of rotatable bonds is 3. The van der Waals surface area contributed by atoms with Gasteiger partial charge in [-0.25, -0.2) is 9.66 Å². The molecule has 3 rings (SSSR count). The van der Waals surface area contributed by atoms with E-state index in [0.717, 1.165) is 34.3 Å². The maximum atomic E-state index is 12.4. The highest BCUT2D eigenvalue weighted by Crippen LogP contribution is 2.34. The molecule has 0 aliphatic heterocycles. The molecule has 0 aromatic carbocycles. The molecule has 5 nitrogen and oxygen atoms in total. The van der Waals surface area contributed by atoms with Crippen molar-refractivity contribution in [1.29, 1.82) is 0 Å². The van der Waals surface area contributed by atoms with Gasteiger partial charge in [-0.3, -0.25) is 9.59 Å². The second kappa shape index (κ2) is 5.21. The Balaban J connectivity index is 2.14. The molecule has 0 saturated heterocycles.